The number of rotatable bonds is 13. The molecular weight excluding hydrogens is 420 g/mol. The normalized spacial score (nSPS) is 10.8. The predicted molar refractivity (Wildman–Crippen MR) is 128 cm³/mol. The quantitative estimate of drug-likeness (QED) is 0.272. The van der Waals surface area contributed by atoms with Gasteiger partial charge in [0, 0.05) is 6.54 Å². The van der Waals surface area contributed by atoms with Crippen molar-refractivity contribution in [3.8, 4) is 29.1 Å². The van der Waals surface area contributed by atoms with Crippen LogP contribution in [0.5, 0.6) is 23.0 Å². The lowest BCUT2D eigenvalue weighted by Crippen LogP contribution is -2.26. The molecule has 0 aromatic heterocycles. The average Bonchev–Trinajstić information content (AvgIpc) is 2.83. The molecule has 2 aromatic rings. The Labute approximate surface area is 195 Å². The summed E-state index contributed by atoms with van der Waals surface area (Å²) in [6, 6.07) is 13.0. The van der Waals surface area contributed by atoms with Crippen LogP contribution in [0.3, 0.4) is 0 Å². The molecule has 0 aliphatic rings. The summed E-state index contributed by atoms with van der Waals surface area (Å²) in [5, 5.41) is 12.3. The van der Waals surface area contributed by atoms with Crippen molar-refractivity contribution in [1.29, 1.82) is 5.26 Å². The first-order valence-corrected chi connectivity index (χ1v) is 11.1. The third-order valence-electron chi connectivity index (χ3n) is 4.85. The van der Waals surface area contributed by atoms with Crippen molar-refractivity contribution in [2.45, 2.75) is 33.1 Å². The molecule has 2 rings (SSSR count). The van der Waals surface area contributed by atoms with E-state index in [4.69, 9.17) is 18.9 Å². The molecule has 176 valence electrons. The molecule has 7 nitrogen and oxygen atoms in total. The minimum atomic E-state index is -0.431. The molecule has 0 aliphatic carbocycles. The summed E-state index contributed by atoms with van der Waals surface area (Å²) >= 11 is 0. The van der Waals surface area contributed by atoms with Crippen LogP contribution in [0.25, 0.3) is 6.08 Å². The fourth-order valence-corrected chi connectivity index (χ4v) is 3.10. The standard InChI is InChI=1S/C26H32N2O5/c1-5-7-14-33-23-11-9-20(17-25(23)32-6-2)15-21(18-27)26(29)28-13-12-19-8-10-22(30-3)24(16-19)31-4/h8-11,15-17H,5-7,12-14H2,1-4H3,(H,28,29)/b21-15+. The Morgan fingerprint density at radius 1 is 1.00 bits per heavy atom. The van der Waals surface area contributed by atoms with E-state index in [0.29, 0.717) is 54.7 Å². The Hall–Kier alpha value is -3.66. The summed E-state index contributed by atoms with van der Waals surface area (Å²) < 4.78 is 22.0. The Morgan fingerprint density at radius 2 is 1.76 bits per heavy atom. The van der Waals surface area contributed by atoms with Crippen LogP contribution in [0.15, 0.2) is 42.0 Å². The number of nitrogens with one attached hydrogen (secondary N) is 1. The highest BCUT2D eigenvalue weighted by atomic mass is 16.5. The van der Waals surface area contributed by atoms with Crippen LogP contribution in [-0.2, 0) is 11.2 Å². The number of ether oxygens (including phenoxy) is 4. The Bertz CT molecular complexity index is 995. The van der Waals surface area contributed by atoms with Crippen molar-refractivity contribution < 1.29 is 23.7 Å². The second-order valence-electron chi connectivity index (χ2n) is 7.21. The van der Waals surface area contributed by atoms with Crippen molar-refractivity contribution in [3.63, 3.8) is 0 Å². The molecule has 33 heavy (non-hydrogen) atoms. The number of amides is 1. The molecule has 7 heteroatoms. The lowest BCUT2D eigenvalue weighted by atomic mass is 10.1. The first kappa shape index (κ1) is 25.6. The van der Waals surface area contributed by atoms with Gasteiger partial charge in [-0.2, -0.15) is 5.26 Å². The summed E-state index contributed by atoms with van der Waals surface area (Å²) in [6.07, 6.45) is 4.12. The van der Waals surface area contributed by atoms with Gasteiger partial charge in [-0.05, 0) is 61.2 Å². The van der Waals surface area contributed by atoms with E-state index in [1.54, 1.807) is 38.5 Å². The smallest absolute Gasteiger partial charge is 0.261 e. The highest BCUT2D eigenvalue weighted by Gasteiger charge is 2.11. The van der Waals surface area contributed by atoms with E-state index >= 15 is 0 Å². The van der Waals surface area contributed by atoms with Crippen molar-refractivity contribution in [1.82, 2.24) is 5.32 Å². The first-order chi connectivity index (χ1) is 16.1. The molecule has 0 saturated carbocycles. The molecule has 0 aliphatic heterocycles. The fourth-order valence-electron chi connectivity index (χ4n) is 3.10. The van der Waals surface area contributed by atoms with Crippen molar-refractivity contribution in [2.75, 3.05) is 34.0 Å². The largest absolute Gasteiger partial charge is 0.493 e. The maximum Gasteiger partial charge on any atom is 0.261 e. The van der Waals surface area contributed by atoms with Gasteiger partial charge in [0.15, 0.2) is 23.0 Å². The van der Waals surface area contributed by atoms with Crippen LogP contribution >= 0.6 is 0 Å². The van der Waals surface area contributed by atoms with E-state index in [9.17, 15) is 10.1 Å². The minimum Gasteiger partial charge on any atom is -0.493 e. The van der Waals surface area contributed by atoms with Gasteiger partial charge in [0.2, 0.25) is 0 Å². The lowest BCUT2D eigenvalue weighted by Gasteiger charge is -2.12. The van der Waals surface area contributed by atoms with E-state index in [1.807, 2.05) is 31.2 Å². The monoisotopic (exact) mass is 452 g/mol. The summed E-state index contributed by atoms with van der Waals surface area (Å²) in [7, 11) is 3.16. The number of hydrogen-bond acceptors (Lipinski definition) is 6. The lowest BCUT2D eigenvalue weighted by molar-refractivity contribution is -0.117. The molecular formula is C26H32N2O5. The number of benzene rings is 2. The molecule has 0 bridgehead atoms. The molecule has 0 spiro atoms. The zero-order chi connectivity index (χ0) is 24.1. The number of unbranched alkanes of at least 4 members (excludes halogenated alkanes) is 1. The SMILES string of the molecule is CCCCOc1ccc(/C=C(\C#N)C(=O)NCCc2ccc(OC)c(OC)c2)cc1OCC. The Morgan fingerprint density at radius 3 is 2.42 bits per heavy atom. The average molecular weight is 453 g/mol. The zero-order valence-corrected chi connectivity index (χ0v) is 19.8. The van der Waals surface area contributed by atoms with E-state index in [2.05, 4.69) is 12.2 Å². The summed E-state index contributed by atoms with van der Waals surface area (Å²) in [4.78, 5) is 12.5. The maximum absolute atomic E-state index is 12.5. The number of methoxy groups -OCH3 is 2. The molecule has 1 amide bonds. The van der Waals surface area contributed by atoms with Gasteiger partial charge in [0.25, 0.3) is 5.91 Å². The molecule has 0 atom stereocenters. The number of hydrogen-bond donors (Lipinski definition) is 1. The van der Waals surface area contributed by atoms with Gasteiger partial charge in [0.05, 0.1) is 27.4 Å². The van der Waals surface area contributed by atoms with Gasteiger partial charge in [0.1, 0.15) is 11.6 Å². The topological polar surface area (TPSA) is 89.8 Å². The molecule has 0 fully saturated rings. The molecule has 0 heterocycles. The van der Waals surface area contributed by atoms with Crippen LogP contribution in [0, 0.1) is 11.3 Å². The summed E-state index contributed by atoms with van der Waals surface area (Å²) in [5.41, 5.74) is 1.69. The predicted octanol–water partition coefficient (Wildman–Crippen LogP) is 4.55. The van der Waals surface area contributed by atoms with Gasteiger partial charge in [-0.25, -0.2) is 0 Å². The fraction of sp³-hybridized carbons (Fsp3) is 0.385. The van der Waals surface area contributed by atoms with Crippen LogP contribution in [0.2, 0.25) is 0 Å². The third kappa shape index (κ3) is 7.76. The Balaban J connectivity index is 2.05. The van der Waals surface area contributed by atoms with Crippen LogP contribution in [-0.4, -0.2) is 39.9 Å². The van der Waals surface area contributed by atoms with E-state index < -0.39 is 5.91 Å². The van der Waals surface area contributed by atoms with Crippen LogP contribution in [0.4, 0.5) is 0 Å². The molecule has 0 saturated heterocycles. The highest BCUT2D eigenvalue weighted by molar-refractivity contribution is 6.01. The molecule has 2 aromatic carbocycles. The van der Waals surface area contributed by atoms with Crippen molar-refractivity contribution >= 4 is 12.0 Å². The number of carbonyl (C=O) groups is 1. The molecule has 0 unspecified atom stereocenters. The second kappa shape index (κ2) is 13.7. The van der Waals surface area contributed by atoms with Gasteiger partial charge < -0.3 is 24.3 Å². The Kier molecular flexibility index (Phi) is 10.6. The van der Waals surface area contributed by atoms with Crippen molar-refractivity contribution in [3.05, 3.63) is 53.1 Å². The van der Waals surface area contributed by atoms with Gasteiger partial charge in [-0.15, -0.1) is 0 Å². The maximum atomic E-state index is 12.5. The van der Waals surface area contributed by atoms with E-state index in [1.165, 1.54) is 0 Å². The highest BCUT2D eigenvalue weighted by Crippen LogP contribution is 2.30. The second-order valence-corrected chi connectivity index (χ2v) is 7.21. The summed E-state index contributed by atoms with van der Waals surface area (Å²) in [5.74, 6) is 2.09. The van der Waals surface area contributed by atoms with Gasteiger partial charge in [-0.3, -0.25) is 4.79 Å². The third-order valence-corrected chi connectivity index (χ3v) is 4.85. The van der Waals surface area contributed by atoms with E-state index in [0.717, 1.165) is 18.4 Å². The van der Waals surface area contributed by atoms with Crippen molar-refractivity contribution in [2.24, 2.45) is 0 Å². The van der Waals surface area contributed by atoms with Gasteiger partial charge in [-0.1, -0.05) is 25.5 Å². The number of carbonyl (C=O) groups excluding carboxylic acids is 1. The van der Waals surface area contributed by atoms with E-state index in [-0.39, 0.29) is 5.57 Å². The minimum absolute atomic E-state index is 0.0180. The van der Waals surface area contributed by atoms with Gasteiger partial charge >= 0.3 is 0 Å². The van der Waals surface area contributed by atoms with Crippen LogP contribution < -0.4 is 24.3 Å². The molecule has 1 N–H and O–H groups in total. The molecule has 0 radical (unpaired) electrons. The number of nitriles is 1. The summed E-state index contributed by atoms with van der Waals surface area (Å²) in [6.45, 7) is 5.46. The number of nitrogens with zero attached hydrogens (tertiary/aromatic N) is 1. The first-order valence-electron chi connectivity index (χ1n) is 11.1. The van der Waals surface area contributed by atoms with Crippen LogP contribution in [0.1, 0.15) is 37.8 Å². The zero-order valence-electron chi connectivity index (χ0n) is 19.8.